The molecule has 55 heavy (non-hydrogen) atoms. The molecule has 14 nitrogen and oxygen atoms in total. The molecule has 4 rings (SSSR count). The standard InChI is InChI=1S/C36H48F4N7O7P/c1-34(2,3)53-55(49,54-35(4,5)6)52-17-15-47(14-12-36(38,39)40)13-9-16-51-30-22-28-27(21-29(30)50-7)33(42-23-41-28)44-31-19-26(45-46-31)20-32(48)43-25-11-8-10-24(37)18-25/h8,10-11,18-19,21-23H,9,12-17,20H2,1-7H3,(H,43,48)(H2,41,42,44,45,46). The summed E-state index contributed by atoms with van der Waals surface area (Å²) >= 11 is 0. The Balaban J connectivity index is 1.37. The Hall–Kier alpha value is -4.35. The van der Waals surface area contributed by atoms with E-state index in [-0.39, 0.29) is 45.2 Å². The fourth-order valence-corrected chi connectivity index (χ4v) is 6.92. The van der Waals surface area contributed by atoms with Crippen LogP contribution in [0.25, 0.3) is 10.9 Å². The molecule has 0 unspecified atom stereocenters. The lowest BCUT2D eigenvalue weighted by molar-refractivity contribution is -0.138. The minimum atomic E-state index is -4.37. The number of rotatable bonds is 19. The molecule has 0 spiro atoms. The summed E-state index contributed by atoms with van der Waals surface area (Å²) in [6.45, 7) is 10.0. The number of H-pyrrole nitrogens is 1. The molecule has 0 aliphatic heterocycles. The molecule has 0 bridgehead atoms. The second-order valence-electron chi connectivity index (χ2n) is 14.5. The van der Waals surface area contributed by atoms with Crippen LogP contribution in [0.2, 0.25) is 0 Å². The number of nitrogens with zero attached hydrogens (tertiary/aromatic N) is 4. The maximum absolute atomic E-state index is 13.5. The number of anilines is 3. The lowest BCUT2D eigenvalue weighted by Gasteiger charge is -2.31. The predicted octanol–water partition coefficient (Wildman–Crippen LogP) is 8.20. The molecule has 0 saturated carbocycles. The fourth-order valence-electron chi connectivity index (χ4n) is 5.13. The van der Waals surface area contributed by atoms with Crippen LogP contribution in [-0.2, 0) is 29.4 Å². The van der Waals surface area contributed by atoms with Gasteiger partial charge in [0.15, 0.2) is 17.3 Å². The zero-order valence-corrected chi connectivity index (χ0v) is 32.8. The number of phosphoric acid groups is 1. The third-order valence-corrected chi connectivity index (χ3v) is 9.31. The van der Waals surface area contributed by atoms with Gasteiger partial charge in [-0.05, 0) is 72.2 Å². The van der Waals surface area contributed by atoms with E-state index in [9.17, 15) is 26.9 Å². The Morgan fingerprint density at radius 1 is 0.927 bits per heavy atom. The van der Waals surface area contributed by atoms with Crippen molar-refractivity contribution in [1.82, 2.24) is 25.1 Å². The summed E-state index contributed by atoms with van der Waals surface area (Å²) in [7, 11) is -2.58. The van der Waals surface area contributed by atoms with Crippen molar-refractivity contribution in [1.29, 1.82) is 0 Å². The van der Waals surface area contributed by atoms with Crippen molar-refractivity contribution >= 4 is 42.0 Å². The van der Waals surface area contributed by atoms with Gasteiger partial charge in [0.2, 0.25) is 5.91 Å². The molecule has 4 aromatic rings. The molecular formula is C36H48F4N7O7P. The maximum Gasteiger partial charge on any atom is 0.475 e. The van der Waals surface area contributed by atoms with Crippen LogP contribution in [0, 0.1) is 5.82 Å². The number of methoxy groups -OCH3 is 1. The number of carbonyl (C=O) groups excluding carboxylic acids is 1. The van der Waals surface area contributed by atoms with Crippen molar-refractivity contribution in [3.8, 4) is 11.5 Å². The number of amides is 1. The van der Waals surface area contributed by atoms with Crippen molar-refractivity contribution in [3.63, 3.8) is 0 Å². The molecular weight excluding hydrogens is 749 g/mol. The van der Waals surface area contributed by atoms with Crippen LogP contribution in [0.15, 0.2) is 48.8 Å². The van der Waals surface area contributed by atoms with E-state index in [1.54, 1.807) is 70.7 Å². The van der Waals surface area contributed by atoms with Crippen molar-refractivity contribution in [2.75, 3.05) is 50.6 Å². The highest BCUT2D eigenvalue weighted by Gasteiger charge is 2.37. The molecule has 2 aromatic heterocycles. The first-order valence-corrected chi connectivity index (χ1v) is 18.9. The molecule has 3 N–H and O–H groups in total. The third-order valence-electron chi connectivity index (χ3n) is 7.27. The zero-order valence-electron chi connectivity index (χ0n) is 31.9. The molecule has 2 aromatic carbocycles. The number of ether oxygens (including phenoxy) is 2. The fraction of sp³-hybridized carbons (Fsp3) is 0.500. The average Bonchev–Trinajstić information content (AvgIpc) is 3.48. The number of alkyl halides is 3. The lowest BCUT2D eigenvalue weighted by atomic mass is 10.2. The van der Waals surface area contributed by atoms with Gasteiger partial charge in [-0.25, -0.2) is 18.9 Å². The number of hydrogen-bond acceptors (Lipinski definition) is 12. The Morgan fingerprint density at radius 2 is 1.65 bits per heavy atom. The summed E-state index contributed by atoms with van der Waals surface area (Å²) in [5, 5.41) is 13.3. The molecule has 0 fully saturated rings. The minimum Gasteiger partial charge on any atom is -0.493 e. The van der Waals surface area contributed by atoms with E-state index < -0.39 is 37.4 Å². The van der Waals surface area contributed by atoms with Gasteiger partial charge in [0.05, 0.1) is 49.9 Å². The predicted molar refractivity (Wildman–Crippen MR) is 199 cm³/mol. The van der Waals surface area contributed by atoms with E-state index in [2.05, 4.69) is 30.8 Å². The lowest BCUT2D eigenvalue weighted by Crippen LogP contribution is -2.33. The Kier molecular flexibility index (Phi) is 14.6. The van der Waals surface area contributed by atoms with Gasteiger partial charge in [-0.2, -0.15) is 18.3 Å². The molecule has 0 aliphatic carbocycles. The van der Waals surface area contributed by atoms with Gasteiger partial charge >= 0.3 is 14.0 Å². The molecule has 0 radical (unpaired) electrons. The van der Waals surface area contributed by atoms with Gasteiger partial charge in [-0.1, -0.05) is 6.07 Å². The first-order chi connectivity index (χ1) is 25.7. The second kappa shape index (κ2) is 18.5. The topological polar surface area (TPSA) is 162 Å². The van der Waals surface area contributed by atoms with Crippen LogP contribution in [0.3, 0.4) is 0 Å². The first-order valence-electron chi connectivity index (χ1n) is 17.5. The normalized spacial score (nSPS) is 12.7. The van der Waals surface area contributed by atoms with Crippen molar-refractivity contribution in [2.45, 2.75) is 78.2 Å². The Bertz CT molecular complexity index is 1910. The molecule has 0 aliphatic rings. The summed E-state index contributed by atoms with van der Waals surface area (Å²) in [6, 6.07) is 10.5. The van der Waals surface area contributed by atoms with Gasteiger partial charge < -0.3 is 25.0 Å². The SMILES string of the molecule is COc1cc2c(Nc3cc(CC(=O)Nc4cccc(F)c4)[nH]n3)ncnc2cc1OCCCN(CCOP(=O)(OC(C)(C)C)OC(C)(C)C)CCC(F)(F)F. The summed E-state index contributed by atoms with van der Waals surface area (Å²) in [4.78, 5) is 22.7. The highest BCUT2D eigenvalue weighted by Crippen LogP contribution is 2.55. The summed E-state index contributed by atoms with van der Waals surface area (Å²) in [5.74, 6) is 0.651. The van der Waals surface area contributed by atoms with Crippen molar-refractivity contribution in [2.24, 2.45) is 0 Å². The van der Waals surface area contributed by atoms with Gasteiger partial charge in [0.25, 0.3) is 0 Å². The largest absolute Gasteiger partial charge is 0.493 e. The maximum atomic E-state index is 13.5. The first kappa shape index (κ1) is 43.4. The monoisotopic (exact) mass is 797 g/mol. The third kappa shape index (κ3) is 15.0. The van der Waals surface area contributed by atoms with E-state index in [1.165, 1.54) is 31.6 Å². The Morgan fingerprint density at radius 3 is 2.31 bits per heavy atom. The molecule has 0 saturated heterocycles. The van der Waals surface area contributed by atoms with Crippen molar-refractivity contribution in [3.05, 3.63) is 60.3 Å². The average molecular weight is 798 g/mol. The smallest absolute Gasteiger partial charge is 0.475 e. The van der Waals surface area contributed by atoms with Gasteiger partial charge in [0, 0.05) is 48.5 Å². The highest BCUT2D eigenvalue weighted by molar-refractivity contribution is 7.48. The van der Waals surface area contributed by atoms with E-state index in [1.807, 2.05) is 0 Å². The quantitative estimate of drug-likeness (QED) is 0.0475. The van der Waals surface area contributed by atoms with Crippen LogP contribution in [0.4, 0.5) is 34.9 Å². The number of phosphoric ester groups is 1. The van der Waals surface area contributed by atoms with E-state index >= 15 is 0 Å². The number of fused-ring (bicyclic) bond motifs is 1. The number of aromatic nitrogens is 4. The van der Waals surface area contributed by atoms with Gasteiger partial charge in [0.1, 0.15) is 18.0 Å². The molecule has 1 amide bonds. The Labute approximate surface area is 317 Å². The molecule has 19 heteroatoms. The summed E-state index contributed by atoms with van der Waals surface area (Å²) in [6.07, 6.45) is -3.77. The van der Waals surface area contributed by atoms with Crippen LogP contribution >= 0.6 is 7.82 Å². The number of nitrogens with one attached hydrogen (secondary N) is 3. The van der Waals surface area contributed by atoms with Crippen LogP contribution in [0.5, 0.6) is 11.5 Å². The minimum absolute atomic E-state index is 0.0344. The number of hydrogen-bond donors (Lipinski definition) is 3. The number of benzene rings is 2. The summed E-state index contributed by atoms with van der Waals surface area (Å²) in [5.41, 5.74) is -0.390. The van der Waals surface area contributed by atoms with Crippen LogP contribution < -0.4 is 20.1 Å². The van der Waals surface area contributed by atoms with Crippen molar-refractivity contribution < 1.29 is 50.0 Å². The zero-order chi connectivity index (χ0) is 40.4. The van der Waals surface area contributed by atoms with E-state index in [4.69, 9.17) is 23.0 Å². The van der Waals surface area contributed by atoms with E-state index in [0.29, 0.717) is 51.8 Å². The summed E-state index contributed by atoms with van der Waals surface area (Å²) < 4.78 is 94.7. The van der Waals surface area contributed by atoms with Crippen LogP contribution in [0.1, 0.15) is 60.1 Å². The second-order valence-corrected chi connectivity index (χ2v) is 16.0. The number of aromatic amines is 1. The van der Waals surface area contributed by atoms with Crippen LogP contribution in [-0.4, -0.2) is 88.3 Å². The van der Waals surface area contributed by atoms with E-state index in [0.717, 1.165) is 0 Å². The highest BCUT2D eigenvalue weighted by atomic mass is 31.2. The molecule has 2 heterocycles. The number of halogens is 4. The van der Waals surface area contributed by atoms with Gasteiger partial charge in [-0.3, -0.25) is 23.5 Å². The molecule has 0 atom stereocenters. The molecule has 302 valence electrons. The number of carbonyl (C=O) groups is 1. The van der Waals surface area contributed by atoms with Gasteiger partial charge in [-0.15, -0.1) is 0 Å².